The lowest BCUT2D eigenvalue weighted by atomic mass is 10.2. The van der Waals surface area contributed by atoms with Crippen molar-refractivity contribution in [3.8, 4) is 5.75 Å². The molecule has 0 radical (unpaired) electrons. The van der Waals surface area contributed by atoms with Gasteiger partial charge in [-0.1, -0.05) is 24.3 Å². The Hall–Kier alpha value is -2.38. The second kappa shape index (κ2) is 8.10. The highest BCUT2D eigenvalue weighted by atomic mass is 32.2. The molecule has 2 aromatic carbocycles. The molecule has 0 spiro atoms. The molecule has 7 heteroatoms. The first kappa shape index (κ1) is 19.4. The van der Waals surface area contributed by atoms with Crippen LogP contribution in [0, 0.1) is 0 Å². The van der Waals surface area contributed by atoms with Crippen LogP contribution in [-0.2, 0) is 27.9 Å². The summed E-state index contributed by atoms with van der Waals surface area (Å²) in [6.45, 7) is 2.17. The van der Waals surface area contributed by atoms with Gasteiger partial charge in [0.1, 0.15) is 5.75 Å². The van der Waals surface area contributed by atoms with Crippen molar-refractivity contribution < 1.29 is 17.9 Å². The summed E-state index contributed by atoms with van der Waals surface area (Å²) in [5, 5.41) is 2.70. The fourth-order valence-electron chi connectivity index (χ4n) is 2.82. The summed E-state index contributed by atoms with van der Waals surface area (Å²) in [5.41, 5.74) is 1.78. The van der Waals surface area contributed by atoms with E-state index < -0.39 is 10.0 Å². The molecule has 1 N–H and O–H groups in total. The number of rotatable bonds is 8. The summed E-state index contributed by atoms with van der Waals surface area (Å²) in [5.74, 6) is 0.625. The summed E-state index contributed by atoms with van der Waals surface area (Å²) in [7, 11) is -1.98. The van der Waals surface area contributed by atoms with Crippen LogP contribution in [0.25, 0.3) is 0 Å². The highest BCUT2D eigenvalue weighted by Crippen LogP contribution is 2.33. The topological polar surface area (TPSA) is 75.7 Å². The van der Waals surface area contributed by atoms with Crippen molar-refractivity contribution >= 4 is 15.9 Å². The molecule has 3 rings (SSSR count). The summed E-state index contributed by atoms with van der Waals surface area (Å²) in [6.07, 6.45) is 1.77. The van der Waals surface area contributed by atoms with Crippen molar-refractivity contribution in [3.63, 3.8) is 0 Å². The molecule has 1 fully saturated rings. The minimum atomic E-state index is -3.59. The smallest absolute Gasteiger partial charge is 0.243 e. The molecule has 0 aromatic heterocycles. The SMILES string of the molecule is COc1ccc(CN(C2CC2)S(=O)(=O)c2ccc(CNC(C)=O)cc2)cc1. The van der Waals surface area contributed by atoms with Crippen molar-refractivity contribution in [2.45, 2.75) is 43.8 Å². The van der Waals surface area contributed by atoms with Crippen LogP contribution in [0.15, 0.2) is 53.4 Å². The van der Waals surface area contributed by atoms with Gasteiger partial charge in [-0.15, -0.1) is 0 Å². The summed E-state index contributed by atoms with van der Waals surface area (Å²) in [6, 6.07) is 14.2. The van der Waals surface area contributed by atoms with E-state index in [0.717, 1.165) is 29.7 Å². The molecule has 1 aliphatic rings. The number of hydrogen-bond acceptors (Lipinski definition) is 4. The fraction of sp³-hybridized carbons (Fsp3) is 0.350. The monoisotopic (exact) mass is 388 g/mol. The summed E-state index contributed by atoms with van der Waals surface area (Å²) >= 11 is 0. The maximum Gasteiger partial charge on any atom is 0.243 e. The Morgan fingerprint density at radius 2 is 1.67 bits per heavy atom. The molecular weight excluding hydrogens is 364 g/mol. The van der Waals surface area contributed by atoms with Gasteiger partial charge in [0, 0.05) is 26.1 Å². The Morgan fingerprint density at radius 1 is 1.07 bits per heavy atom. The number of benzene rings is 2. The molecular formula is C20H24N2O4S. The van der Waals surface area contributed by atoms with E-state index in [1.165, 1.54) is 6.92 Å². The Kier molecular flexibility index (Phi) is 5.82. The zero-order valence-electron chi connectivity index (χ0n) is 15.5. The largest absolute Gasteiger partial charge is 0.497 e. The second-order valence-corrected chi connectivity index (χ2v) is 8.57. The molecule has 6 nitrogen and oxygen atoms in total. The third-order valence-corrected chi connectivity index (χ3v) is 6.44. The number of methoxy groups -OCH3 is 1. The molecule has 0 saturated heterocycles. The summed E-state index contributed by atoms with van der Waals surface area (Å²) in [4.78, 5) is 11.3. The van der Waals surface area contributed by atoms with E-state index in [2.05, 4.69) is 5.32 Å². The van der Waals surface area contributed by atoms with Gasteiger partial charge in [0.15, 0.2) is 0 Å². The van der Waals surface area contributed by atoms with Crippen LogP contribution < -0.4 is 10.1 Å². The molecule has 1 saturated carbocycles. The zero-order chi connectivity index (χ0) is 19.4. The van der Waals surface area contributed by atoms with E-state index in [9.17, 15) is 13.2 Å². The van der Waals surface area contributed by atoms with Gasteiger partial charge in [-0.2, -0.15) is 4.31 Å². The van der Waals surface area contributed by atoms with E-state index in [-0.39, 0.29) is 16.8 Å². The molecule has 0 heterocycles. The average Bonchev–Trinajstić information content (AvgIpc) is 3.50. The lowest BCUT2D eigenvalue weighted by molar-refractivity contribution is -0.119. The number of hydrogen-bond donors (Lipinski definition) is 1. The third-order valence-electron chi connectivity index (χ3n) is 4.52. The molecule has 1 aliphatic carbocycles. The van der Waals surface area contributed by atoms with Crippen molar-refractivity contribution in [2.75, 3.05) is 7.11 Å². The zero-order valence-corrected chi connectivity index (χ0v) is 16.3. The van der Waals surface area contributed by atoms with Crippen LogP contribution in [0.5, 0.6) is 5.75 Å². The Balaban J connectivity index is 1.78. The highest BCUT2D eigenvalue weighted by molar-refractivity contribution is 7.89. The number of nitrogens with one attached hydrogen (secondary N) is 1. The maximum absolute atomic E-state index is 13.2. The lowest BCUT2D eigenvalue weighted by Crippen LogP contribution is -2.32. The Morgan fingerprint density at radius 3 is 2.19 bits per heavy atom. The van der Waals surface area contributed by atoms with Crippen molar-refractivity contribution in [1.29, 1.82) is 0 Å². The predicted octanol–water partition coefficient (Wildman–Crippen LogP) is 2.68. The lowest BCUT2D eigenvalue weighted by Gasteiger charge is -2.22. The molecule has 27 heavy (non-hydrogen) atoms. The van der Waals surface area contributed by atoms with Crippen LogP contribution in [0.4, 0.5) is 0 Å². The molecule has 0 aliphatic heterocycles. The van der Waals surface area contributed by atoms with Crippen LogP contribution in [0.3, 0.4) is 0 Å². The van der Waals surface area contributed by atoms with Crippen molar-refractivity contribution in [1.82, 2.24) is 9.62 Å². The molecule has 144 valence electrons. The Bertz CT molecular complexity index is 889. The molecule has 0 unspecified atom stereocenters. The normalized spacial score (nSPS) is 14.2. The number of carbonyl (C=O) groups excluding carboxylic acids is 1. The van der Waals surface area contributed by atoms with Gasteiger partial charge in [0.2, 0.25) is 15.9 Å². The van der Waals surface area contributed by atoms with E-state index >= 15 is 0 Å². The number of amides is 1. The molecule has 0 atom stereocenters. The first-order valence-corrected chi connectivity index (χ1v) is 10.3. The van der Waals surface area contributed by atoms with Crippen LogP contribution >= 0.6 is 0 Å². The van der Waals surface area contributed by atoms with E-state index in [1.807, 2.05) is 24.3 Å². The number of carbonyl (C=O) groups is 1. The van der Waals surface area contributed by atoms with Gasteiger partial charge in [-0.25, -0.2) is 8.42 Å². The second-order valence-electron chi connectivity index (χ2n) is 6.68. The molecule has 0 bridgehead atoms. The third kappa shape index (κ3) is 4.87. The van der Waals surface area contributed by atoms with Crippen LogP contribution in [-0.4, -0.2) is 31.8 Å². The standard InChI is InChI=1S/C20H24N2O4S/c1-15(23)21-13-16-5-11-20(12-6-16)27(24,25)22(18-7-8-18)14-17-3-9-19(26-2)10-4-17/h3-6,9-12,18H,7-8,13-14H2,1-2H3,(H,21,23). The molecule has 2 aromatic rings. The first-order valence-electron chi connectivity index (χ1n) is 8.88. The predicted molar refractivity (Wildman–Crippen MR) is 103 cm³/mol. The highest BCUT2D eigenvalue weighted by Gasteiger charge is 2.38. The molecule has 1 amide bonds. The minimum Gasteiger partial charge on any atom is -0.497 e. The van der Waals surface area contributed by atoms with Crippen LogP contribution in [0.2, 0.25) is 0 Å². The fourth-order valence-corrected chi connectivity index (χ4v) is 4.50. The van der Waals surface area contributed by atoms with E-state index in [4.69, 9.17) is 4.74 Å². The number of nitrogens with zero attached hydrogens (tertiary/aromatic N) is 1. The van der Waals surface area contributed by atoms with Gasteiger partial charge in [0.05, 0.1) is 12.0 Å². The Labute approximate surface area is 160 Å². The maximum atomic E-state index is 13.2. The average molecular weight is 388 g/mol. The van der Waals surface area contributed by atoms with E-state index in [0.29, 0.717) is 13.1 Å². The number of ether oxygens (including phenoxy) is 1. The van der Waals surface area contributed by atoms with Crippen LogP contribution in [0.1, 0.15) is 30.9 Å². The van der Waals surface area contributed by atoms with Crippen molar-refractivity contribution in [3.05, 3.63) is 59.7 Å². The van der Waals surface area contributed by atoms with E-state index in [1.54, 1.807) is 35.7 Å². The van der Waals surface area contributed by atoms with Gasteiger partial charge in [0.25, 0.3) is 0 Å². The first-order chi connectivity index (χ1) is 12.9. The number of sulfonamides is 1. The van der Waals surface area contributed by atoms with Gasteiger partial charge >= 0.3 is 0 Å². The van der Waals surface area contributed by atoms with Gasteiger partial charge in [-0.05, 0) is 48.2 Å². The van der Waals surface area contributed by atoms with Gasteiger partial charge in [-0.3, -0.25) is 4.79 Å². The minimum absolute atomic E-state index is 0.0520. The van der Waals surface area contributed by atoms with Gasteiger partial charge < -0.3 is 10.1 Å². The quantitative estimate of drug-likeness (QED) is 0.754. The van der Waals surface area contributed by atoms with Crippen molar-refractivity contribution in [2.24, 2.45) is 0 Å². The summed E-state index contributed by atoms with van der Waals surface area (Å²) < 4.78 is 33.0.